The van der Waals surface area contributed by atoms with E-state index in [9.17, 15) is 0 Å². The van der Waals surface area contributed by atoms with Gasteiger partial charge in [-0.1, -0.05) is 114 Å². The van der Waals surface area contributed by atoms with E-state index < -0.39 is 12.4 Å². The number of hydrogen-bond acceptors (Lipinski definition) is 5. The molecule has 186 valence electrons. The van der Waals surface area contributed by atoms with Crippen molar-refractivity contribution in [1.29, 1.82) is 0 Å². The summed E-state index contributed by atoms with van der Waals surface area (Å²) in [6, 6.07) is 30.5. The summed E-state index contributed by atoms with van der Waals surface area (Å²) in [6.45, 7) is 1.36. The largest absolute Gasteiger partial charge is 0.368 e. The molecule has 0 radical (unpaired) electrons. The number of benzene rings is 3. The van der Waals surface area contributed by atoms with Gasteiger partial charge in [-0.25, -0.2) is 0 Å². The van der Waals surface area contributed by atoms with Gasteiger partial charge in [-0.05, 0) is 23.1 Å². The number of alkyl halides is 1. The zero-order chi connectivity index (χ0) is 24.3. The number of hydrogen-bond donors (Lipinski definition) is 0. The van der Waals surface area contributed by atoms with Crippen LogP contribution in [0.3, 0.4) is 0 Å². The van der Waals surface area contributed by atoms with Gasteiger partial charge in [0.2, 0.25) is 0 Å². The minimum absolute atomic E-state index is 0.169. The number of methoxy groups -OCH3 is 1. The van der Waals surface area contributed by atoms with Crippen molar-refractivity contribution in [3.05, 3.63) is 108 Å². The van der Waals surface area contributed by atoms with E-state index in [0.717, 1.165) is 27.5 Å². The van der Waals surface area contributed by atoms with Gasteiger partial charge in [0.1, 0.15) is 18.3 Å². The third-order valence-electron chi connectivity index (χ3n) is 6.07. The normalized spacial score (nSPS) is 24.3. The predicted molar refractivity (Wildman–Crippen MR) is 144 cm³/mol. The van der Waals surface area contributed by atoms with Gasteiger partial charge in [0, 0.05) is 11.5 Å². The van der Waals surface area contributed by atoms with Crippen LogP contribution in [0.1, 0.15) is 23.1 Å². The second kappa shape index (κ2) is 14.1. The summed E-state index contributed by atoms with van der Waals surface area (Å²) in [4.78, 5) is 0. The van der Waals surface area contributed by atoms with Gasteiger partial charge in [-0.2, -0.15) is 0 Å². The molecule has 0 unspecified atom stereocenters. The fraction of sp³-hybridized carbons (Fsp3) is 0.379. The molecule has 0 N–H and O–H groups in total. The molecule has 1 heterocycles. The van der Waals surface area contributed by atoms with Crippen LogP contribution in [0.2, 0.25) is 0 Å². The quantitative estimate of drug-likeness (QED) is 0.194. The van der Waals surface area contributed by atoms with Crippen molar-refractivity contribution in [2.24, 2.45) is 0 Å². The lowest BCUT2D eigenvalue weighted by atomic mass is 9.96. The highest BCUT2D eigenvalue weighted by molar-refractivity contribution is 14.1. The Morgan fingerprint density at radius 2 is 1.06 bits per heavy atom. The Balaban J connectivity index is 1.58. The molecule has 3 aromatic carbocycles. The second-order valence-corrected chi connectivity index (χ2v) is 9.62. The molecule has 0 amide bonds. The standard InChI is InChI=1S/C29H33IO5/c1-31-29-28(34-21-24-15-9-4-10-16-24)27(33-20-23-13-7-3-8-14-23)26(25(35-29)17-18-30)32-19-22-11-5-2-6-12-22/h2-16,25-29H,17-21H2,1H3/t25-,26+,27+,28+,29-/m0/s1. The molecular weight excluding hydrogens is 555 g/mol. The van der Waals surface area contributed by atoms with Crippen LogP contribution in [0, 0.1) is 0 Å². The van der Waals surface area contributed by atoms with Crippen LogP contribution in [0.15, 0.2) is 91.0 Å². The average Bonchev–Trinajstić information content (AvgIpc) is 2.92. The highest BCUT2D eigenvalue weighted by Gasteiger charge is 2.48. The van der Waals surface area contributed by atoms with Gasteiger partial charge in [-0.3, -0.25) is 0 Å². The maximum Gasteiger partial charge on any atom is 0.186 e. The van der Waals surface area contributed by atoms with Crippen molar-refractivity contribution in [3.8, 4) is 0 Å². The molecule has 0 aromatic heterocycles. The highest BCUT2D eigenvalue weighted by Crippen LogP contribution is 2.32. The van der Waals surface area contributed by atoms with Gasteiger partial charge in [0.25, 0.3) is 0 Å². The fourth-order valence-electron chi connectivity index (χ4n) is 4.28. The van der Waals surface area contributed by atoms with E-state index in [1.54, 1.807) is 7.11 Å². The average molecular weight is 588 g/mol. The third kappa shape index (κ3) is 7.59. The van der Waals surface area contributed by atoms with E-state index in [1.807, 2.05) is 66.7 Å². The molecule has 0 saturated carbocycles. The van der Waals surface area contributed by atoms with E-state index in [2.05, 4.69) is 46.9 Å². The molecule has 5 nitrogen and oxygen atoms in total. The molecule has 0 spiro atoms. The Morgan fingerprint density at radius 3 is 1.49 bits per heavy atom. The summed E-state index contributed by atoms with van der Waals surface area (Å²) < 4.78 is 32.6. The number of rotatable bonds is 12. The van der Waals surface area contributed by atoms with Crippen molar-refractivity contribution in [3.63, 3.8) is 0 Å². The Bertz CT molecular complexity index is 972. The second-order valence-electron chi connectivity index (χ2n) is 8.54. The summed E-state index contributed by atoms with van der Waals surface area (Å²) in [5, 5.41) is 0. The molecule has 1 fully saturated rings. The Kier molecular flexibility index (Phi) is 10.6. The minimum atomic E-state index is -0.552. The zero-order valence-electron chi connectivity index (χ0n) is 20.0. The molecule has 35 heavy (non-hydrogen) atoms. The van der Waals surface area contributed by atoms with E-state index in [4.69, 9.17) is 23.7 Å². The Morgan fingerprint density at radius 1 is 0.629 bits per heavy atom. The van der Waals surface area contributed by atoms with Crippen molar-refractivity contribution in [1.82, 2.24) is 0 Å². The fourth-order valence-corrected chi connectivity index (χ4v) is 4.89. The first-order valence-corrected chi connectivity index (χ1v) is 13.5. The highest BCUT2D eigenvalue weighted by atomic mass is 127. The first-order valence-electron chi connectivity index (χ1n) is 12.0. The third-order valence-corrected chi connectivity index (χ3v) is 6.70. The Hall–Kier alpha value is -1.81. The molecule has 0 aliphatic carbocycles. The minimum Gasteiger partial charge on any atom is -0.368 e. The molecule has 4 rings (SSSR count). The lowest BCUT2D eigenvalue weighted by Gasteiger charge is -2.45. The van der Waals surface area contributed by atoms with Crippen molar-refractivity contribution < 1.29 is 23.7 Å². The molecule has 1 aliphatic heterocycles. The Labute approximate surface area is 221 Å². The molecule has 5 atom stereocenters. The summed E-state index contributed by atoms with van der Waals surface area (Å²) in [6.07, 6.45) is -1.01. The van der Waals surface area contributed by atoms with Crippen LogP contribution in [0.25, 0.3) is 0 Å². The van der Waals surface area contributed by atoms with E-state index in [1.165, 1.54) is 0 Å². The topological polar surface area (TPSA) is 46.2 Å². The molecule has 1 aliphatic rings. The number of halogens is 1. The summed E-state index contributed by atoms with van der Waals surface area (Å²) in [5.74, 6) is 0. The SMILES string of the molecule is CO[C@H]1O[C@@H](CCI)[C@@H](OCc2ccccc2)[C@@H](OCc2ccccc2)[C@H]1OCc1ccccc1. The molecule has 1 saturated heterocycles. The van der Waals surface area contributed by atoms with E-state index in [-0.39, 0.29) is 18.3 Å². The van der Waals surface area contributed by atoms with Gasteiger partial charge >= 0.3 is 0 Å². The van der Waals surface area contributed by atoms with Gasteiger partial charge in [-0.15, -0.1) is 0 Å². The monoisotopic (exact) mass is 588 g/mol. The van der Waals surface area contributed by atoms with Crippen LogP contribution in [0.4, 0.5) is 0 Å². The van der Waals surface area contributed by atoms with Crippen molar-refractivity contribution in [2.75, 3.05) is 11.5 Å². The van der Waals surface area contributed by atoms with Gasteiger partial charge < -0.3 is 23.7 Å². The maximum absolute atomic E-state index is 6.57. The first kappa shape index (κ1) is 26.3. The zero-order valence-corrected chi connectivity index (χ0v) is 22.2. The molecule has 3 aromatic rings. The van der Waals surface area contributed by atoms with Crippen LogP contribution in [0.5, 0.6) is 0 Å². The lowest BCUT2D eigenvalue weighted by Crippen LogP contribution is -2.60. The van der Waals surface area contributed by atoms with Crippen LogP contribution in [-0.4, -0.2) is 42.2 Å². The van der Waals surface area contributed by atoms with Gasteiger partial charge in [0.15, 0.2) is 6.29 Å². The summed E-state index contributed by atoms with van der Waals surface area (Å²) in [7, 11) is 1.66. The van der Waals surface area contributed by atoms with Crippen molar-refractivity contribution >= 4 is 22.6 Å². The summed E-state index contributed by atoms with van der Waals surface area (Å²) >= 11 is 2.38. The molecular formula is C29H33IO5. The van der Waals surface area contributed by atoms with Crippen LogP contribution < -0.4 is 0 Å². The van der Waals surface area contributed by atoms with Crippen molar-refractivity contribution in [2.45, 2.75) is 56.9 Å². The van der Waals surface area contributed by atoms with E-state index in [0.29, 0.717) is 19.8 Å². The maximum atomic E-state index is 6.57. The predicted octanol–water partition coefficient (Wildman–Crippen LogP) is 5.94. The van der Waals surface area contributed by atoms with Crippen LogP contribution >= 0.6 is 22.6 Å². The van der Waals surface area contributed by atoms with E-state index >= 15 is 0 Å². The lowest BCUT2D eigenvalue weighted by molar-refractivity contribution is -0.317. The molecule has 0 bridgehead atoms. The molecule has 6 heteroatoms. The smallest absolute Gasteiger partial charge is 0.186 e. The first-order chi connectivity index (χ1) is 17.3. The van der Waals surface area contributed by atoms with Gasteiger partial charge in [0.05, 0.1) is 25.9 Å². The summed E-state index contributed by atoms with van der Waals surface area (Å²) in [5.41, 5.74) is 3.29. The van der Waals surface area contributed by atoms with Crippen LogP contribution in [-0.2, 0) is 43.5 Å². The number of ether oxygens (including phenoxy) is 5.